The van der Waals surface area contributed by atoms with Crippen molar-refractivity contribution >= 4 is 27.7 Å². The lowest BCUT2D eigenvalue weighted by Crippen LogP contribution is -2.41. The zero-order chi connectivity index (χ0) is 44.8. The van der Waals surface area contributed by atoms with Crippen molar-refractivity contribution in [2.45, 2.75) is 95.9 Å². The van der Waals surface area contributed by atoms with Crippen LogP contribution >= 0.6 is 0 Å². The van der Waals surface area contributed by atoms with Gasteiger partial charge in [-0.15, -0.1) is 0 Å². The lowest BCUT2D eigenvalue weighted by molar-refractivity contribution is -0.00378. The van der Waals surface area contributed by atoms with E-state index >= 15 is 13.6 Å². The molecule has 1 aliphatic carbocycles. The average molecular weight is 881 g/mol. The molecule has 8 aromatic rings. The molecule has 12 rings (SSSR count). The highest BCUT2D eigenvalue weighted by Gasteiger charge is 2.59. The van der Waals surface area contributed by atoms with Gasteiger partial charge in [0.25, 0.3) is 5.91 Å². The van der Waals surface area contributed by atoms with Gasteiger partial charge < -0.3 is 14.2 Å². The van der Waals surface area contributed by atoms with E-state index in [1.54, 1.807) is 65.6 Å². The fourth-order valence-corrected chi connectivity index (χ4v) is 11.4. The summed E-state index contributed by atoms with van der Waals surface area (Å²) in [6.07, 6.45) is 10.1. The van der Waals surface area contributed by atoms with Gasteiger partial charge in [-0.2, -0.15) is 10.2 Å². The van der Waals surface area contributed by atoms with E-state index in [-0.39, 0.29) is 40.9 Å². The van der Waals surface area contributed by atoms with E-state index in [4.69, 9.17) is 14.4 Å². The molecule has 17 heteroatoms. The first-order chi connectivity index (χ1) is 31.3. The number of carbonyl (C=O) groups excluding carboxylic acids is 1. The molecule has 65 heavy (non-hydrogen) atoms. The number of hydrogen-bond acceptors (Lipinski definition) is 8. The summed E-state index contributed by atoms with van der Waals surface area (Å²) < 4.78 is 50.4. The Morgan fingerprint density at radius 2 is 1.65 bits per heavy atom. The number of nitrogens with one attached hydrogen (secondary N) is 1. The minimum absolute atomic E-state index is 0.00801. The van der Waals surface area contributed by atoms with E-state index in [9.17, 15) is 9.59 Å². The van der Waals surface area contributed by atoms with Gasteiger partial charge in [0, 0.05) is 48.9 Å². The topological polar surface area (TPSA) is 156 Å². The molecule has 1 saturated carbocycles. The number of aromatic nitrogens is 9. The SMILES string of the molecule is Cc1cc(-n2nc3c(c2-n2ccn(-c4ccc5c(cnn5C)c4F)c2=O)[C@H](C)N(C(=O)c2cc4cc(C5CC6CCC(C5)O6)ccc4n2[C@@]2(c4noc(=O)[nH]4)C[C@@H]2C)CC3)cc(C)c1F. The molecule has 0 spiro atoms. The predicted molar refractivity (Wildman–Crippen MR) is 235 cm³/mol. The number of halogens is 2. The van der Waals surface area contributed by atoms with Crippen molar-refractivity contribution in [3.63, 3.8) is 0 Å². The van der Waals surface area contributed by atoms with E-state index < -0.39 is 28.8 Å². The number of H-pyrrole nitrogens is 1. The summed E-state index contributed by atoms with van der Waals surface area (Å²) in [6, 6.07) is 14.4. The number of ether oxygens (including phenoxy) is 1. The second kappa shape index (κ2) is 14.1. The fraction of sp³-hybridized carbons (Fsp3) is 0.375. The third kappa shape index (κ3) is 5.79. The second-order valence-corrected chi connectivity index (χ2v) is 18.6. The molecule has 332 valence electrons. The second-order valence-electron chi connectivity index (χ2n) is 18.6. The summed E-state index contributed by atoms with van der Waals surface area (Å²) in [6.45, 7) is 7.64. The van der Waals surface area contributed by atoms with Crippen LogP contribution in [0.5, 0.6) is 0 Å². The third-order valence-corrected chi connectivity index (χ3v) is 14.8. The maximum atomic E-state index is 16.1. The Bertz CT molecular complexity index is 3390. The Labute approximate surface area is 369 Å². The predicted octanol–water partition coefficient (Wildman–Crippen LogP) is 7.19. The highest BCUT2D eigenvalue weighted by atomic mass is 19.1. The molecule has 5 atom stereocenters. The van der Waals surface area contributed by atoms with Gasteiger partial charge in [-0.05, 0) is 124 Å². The molecule has 2 saturated heterocycles. The summed E-state index contributed by atoms with van der Waals surface area (Å²) in [5.41, 5.74) is 4.30. The zero-order valence-electron chi connectivity index (χ0n) is 36.5. The molecular weight excluding hydrogens is 835 g/mol. The molecular formula is C48H46F2N10O5. The molecule has 3 fully saturated rings. The van der Waals surface area contributed by atoms with Crippen LogP contribution in [0.2, 0.25) is 0 Å². The van der Waals surface area contributed by atoms with Crippen molar-refractivity contribution in [1.82, 2.24) is 48.3 Å². The van der Waals surface area contributed by atoms with Crippen LogP contribution in [0.15, 0.2) is 81.2 Å². The van der Waals surface area contributed by atoms with Crippen LogP contribution in [0.25, 0.3) is 39.0 Å². The molecule has 3 aromatic carbocycles. The first kappa shape index (κ1) is 39.7. The average Bonchev–Trinajstić information content (AvgIpc) is 4.01. The number of benzene rings is 3. The molecule has 15 nitrogen and oxygen atoms in total. The Kier molecular flexibility index (Phi) is 8.58. The lowest BCUT2D eigenvalue weighted by atomic mass is 9.88. The van der Waals surface area contributed by atoms with Gasteiger partial charge in [-0.3, -0.25) is 28.1 Å². The molecule has 8 heterocycles. The Hall–Kier alpha value is -6.88. The van der Waals surface area contributed by atoms with Crippen molar-refractivity contribution in [2.75, 3.05) is 6.54 Å². The quantitative estimate of drug-likeness (QED) is 0.176. The van der Waals surface area contributed by atoms with Crippen molar-refractivity contribution < 1.29 is 22.8 Å². The minimum Gasteiger partial charge on any atom is -0.375 e. The van der Waals surface area contributed by atoms with Gasteiger partial charge in [0.15, 0.2) is 11.6 Å². The molecule has 3 aliphatic heterocycles. The van der Waals surface area contributed by atoms with Gasteiger partial charge in [-0.1, -0.05) is 18.1 Å². The summed E-state index contributed by atoms with van der Waals surface area (Å²) in [5, 5.41) is 14.6. The summed E-state index contributed by atoms with van der Waals surface area (Å²) in [7, 11) is 1.72. The number of rotatable bonds is 7. The van der Waals surface area contributed by atoms with Crippen LogP contribution in [0.3, 0.4) is 0 Å². The minimum atomic E-state index is -0.846. The highest BCUT2D eigenvalue weighted by molar-refractivity contribution is 6.00. The van der Waals surface area contributed by atoms with Crippen LogP contribution in [0.1, 0.15) is 102 Å². The van der Waals surface area contributed by atoms with Crippen LogP contribution in [0.4, 0.5) is 8.78 Å². The number of imidazole rings is 1. The highest BCUT2D eigenvalue weighted by Crippen LogP contribution is 2.56. The molecule has 5 aromatic heterocycles. The molecule has 1 amide bonds. The Morgan fingerprint density at radius 1 is 0.923 bits per heavy atom. The van der Waals surface area contributed by atoms with Crippen molar-refractivity contribution in [3.8, 4) is 17.2 Å². The van der Waals surface area contributed by atoms with E-state index in [2.05, 4.69) is 40.4 Å². The number of fused-ring (bicyclic) bond motifs is 5. The van der Waals surface area contributed by atoms with Crippen molar-refractivity contribution in [1.29, 1.82) is 0 Å². The zero-order valence-corrected chi connectivity index (χ0v) is 36.5. The van der Waals surface area contributed by atoms with Gasteiger partial charge in [0.05, 0.1) is 52.4 Å². The maximum Gasteiger partial charge on any atom is 0.438 e. The van der Waals surface area contributed by atoms with Crippen LogP contribution in [-0.2, 0) is 23.7 Å². The van der Waals surface area contributed by atoms with E-state index in [1.807, 2.05) is 17.6 Å². The lowest BCUT2D eigenvalue weighted by Gasteiger charge is -2.34. The van der Waals surface area contributed by atoms with Crippen molar-refractivity contribution in [3.05, 3.63) is 139 Å². The van der Waals surface area contributed by atoms with Gasteiger partial charge in [0.2, 0.25) is 0 Å². The van der Waals surface area contributed by atoms with Gasteiger partial charge in [-0.25, -0.2) is 23.1 Å². The van der Waals surface area contributed by atoms with Gasteiger partial charge >= 0.3 is 11.4 Å². The van der Waals surface area contributed by atoms with E-state index in [0.29, 0.717) is 76.2 Å². The normalized spacial score (nSPS) is 23.8. The Balaban J connectivity index is 1.000. The number of aryl methyl sites for hydroxylation is 3. The summed E-state index contributed by atoms with van der Waals surface area (Å²) >= 11 is 0. The number of carbonyl (C=O) groups is 1. The standard InChI is InChI=1S/C48H46F2N10O5/c1-24-16-31(17-25(2)41(24)49)60-43(58-15-14-57(47(58)63)38-11-10-37-34(42(38)50)23-51-55(37)5)40-27(4)56(13-12-35(40)53-60)44(61)39-21-30-18-28(29-19-32-7-8-33(20-29)64-32)6-9-36(30)59(39)48(22-26(48)3)45-52-46(62)65-54-45/h6,9-11,14-18,21,23,26-27,29,32-33H,7-8,12-13,19-20,22H2,1-5H3,(H,52,54,62)/t26-,27-,29?,32?,33?,48-/m0/s1. The van der Waals surface area contributed by atoms with Crippen molar-refractivity contribution in [2.24, 2.45) is 13.0 Å². The molecule has 2 bridgehead atoms. The largest absolute Gasteiger partial charge is 0.438 e. The number of hydrogen-bond donors (Lipinski definition) is 1. The van der Waals surface area contributed by atoms with Gasteiger partial charge in [0.1, 0.15) is 22.9 Å². The maximum absolute atomic E-state index is 16.1. The Morgan fingerprint density at radius 3 is 2.35 bits per heavy atom. The fourth-order valence-electron chi connectivity index (χ4n) is 11.4. The number of amides is 1. The monoisotopic (exact) mass is 880 g/mol. The molecule has 4 aliphatic rings. The number of nitrogens with zero attached hydrogens (tertiary/aromatic N) is 9. The van der Waals surface area contributed by atoms with E-state index in [0.717, 1.165) is 36.6 Å². The summed E-state index contributed by atoms with van der Waals surface area (Å²) in [5.74, 6) is -0.806. The molecule has 1 N–H and O–H groups in total. The van der Waals surface area contributed by atoms with E-state index in [1.165, 1.54) is 27.1 Å². The third-order valence-electron chi connectivity index (χ3n) is 14.8. The first-order valence-corrected chi connectivity index (χ1v) is 22.3. The van der Waals surface area contributed by atoms with Crippen LogP contribution in [-0.4, -0.2) is 73.0 Å². The molecule has 2 unspecified atom stereocenters. The smallest absolute Gasteiger partial charge is 0.375 e. The van der Waals surface area contributed by atoms with Crippen LogP contribution < -0.4 is 11.4 Å². The van der Waals surface area contributed by atoms with Crippen LogP contribution in [0, 0.1) is 31.4 Å². The first-order valence-electron chi connectivity index (χ1n) is 22.3. The number of aromatic amines is 1. The summed E-state index contributed by atoms with van der Waals surface area (Å²) in [4.78, 5) is 47.3. The molecule has 0 radical (unpaired) electrons.